The SMILES string of the molecule is Cn1ccnc1-c1nn(CCCl)c2ccc([N+](=O)[O-])cc12. The van der Waals surface area contributed by atoms with Crippen molar-refractivity contribution in [3.8, 4) is 11.5 Å². The molecule has 0 spiro atoms. The molecule has 2 aromatic heterocycles. The number of benzene rings is 1. The Balaban J connectivity index is 2.29. The second-order valence-corrected chi connectivity index (χ2v) is 4.96. The van der Waals surface area contributed by atoms with Crippen molar-refractivity contribution >= 4 is 28.2 Å². The van der Waals surface area contributed by atoms with Crippen LogP contribution in [0.4, 0.5) is 5.69 Å². The number of aromatic nitrogens is 4. The number of non-ortho nitro benzene ring substituents is 1. The number of halogens is 1. The standard InChI is InChI=1S/C13H12ClN5O2/c1-17-7-5-15-13(17)12-10-8-9(19(20)21)2-3-11(10)18(16-12)6-4-14/h2-3,5,7-8H,4,6H2,1H3. The van der Waals surface area contributed by atoms with E-state index in [9.17, 15) is 10.1 Å². The van der Waals surface area contributed by atoms with E-state index in [0.29, 0.717) is 29.3 Å². The predicted octanol–water partition coefficient (Wildman–Crippen LogP) is 2.58. The van der Waals surface area contributed by atoms with Gasteiger partial charge < -0.3 is 4.57 Å². The molecule has 0 aliphatic heterocycles. The maximum atomic E-state index is 11.0. The summed E-state index contributed by atoms with van der Waals surface area (Å²) >= 11 is 5.79. The number of nitrogens with zero attached hydrogens (tertiary/aromatic N) is 5. The molecule has 21 heavy (non-hydrogen) atoms. The van der Waals surface area contributed by atoms with Gasteiger partial charge in [-0.2, -0.15) is 5.10 Å². The average Bonchev–Trinajstić information content (AvgIpc) is 3.03. The van der Waals surface area contributed by atoms with Crippen LogP contribution in [-0.2, 0) is 13.6 Å². The van der Waals surface area contributed by atoms with E-state index in [0.717, 1.165) is 5.52 Å². The zero-order chi connectivity index (χ0) is 15.0. The van der Waals surface area contributed by atoms with Gasteiger partial charge in [0.2, 0.25) is 0 Å². The lowest BCUT2D eigenvalue weighted by Crippen LogP contribution is -2.01. The Bertz CT molecular complexity index is 823. The molecule has 0 saturated heterocycles. The molecule has 3 aromatic rings. The summed E-state index contributed by atoms with van der Waals surface area (Å²) in [7, 11) is 1.85. The third kappa shape index (κ3) is 2.25. The molecule has 0 bridgehead atoms. The van der Waals surface area contributed by atoms with E-state index in [1.54, 1.807) is 23.1 Å². The summed E-state index contributed by atoms with van der Waals surface area (Å²) in [6, 6.07) is 4.69. The van der Waals surface area contributed by atoms with Crippen molar-refractivity contribution in [2.24, 2.45) is 7.05 Å². The van der Waals surface area contributed by atoms with Crippen molar-refractivity contribution in [1.82, 2.24) is 19.3 Å². The lowest BCUT2D eigenvalue weighted by Gasteiger charge is -1.98. The fourth-order valence-corrected chi connectivity index (χ4v) is 2.45. The Morgan fingerprint density at radius 1 is 1.43 bits per heavy atom. The number of fused-ring (bicyclic) bond motifs is 1. The third-order valence-electron chi connectivity index (χ3n) is 3.27. The molecule has 0 atom stereocenters. The summed E-state index contributed by atoms with van der Waals surface area (Å²) in [4.78, 5) is 14.8. The minimum Gasteiger partial charge on any atom is -0.333 e. The van der Waals surface area contributed by atoms with Gasteiger partial charge >= 0.3 is 0 Å². The number of rotatable bonds is 4. The Morgan fingerprint density at radius 3 is 2.86 bits per heavy atom. The summed E-state index contributed by atoms with van der Waals surface area (Å²) in [6.45, 7) is 0.528. The number of alkyl halides is 1. The number of nitro groups is 1. The summed E-state index contributed by atoms with van der Waals surface area (Å²) in [5.74, 6) is 1.07. The molecule has 3 rings (SSSR count). The first-order chi connectivity index (χ1) is 10.1. The molecule has 108 valence electrons. The fraction of sp³-hybridized carbons (Fsp3) is 0.231. The van der Waals surface area contributed by atoms with Gasteiger partial charge in [-0.05, 0) is 6.07 Å². The van der Waals surface area contributed by atoms with Gasteiger partial charge in [0.05, 0.1) is 17.0 Å². The zero-order valence-corrected chi connectivity index (χ0v) is 12.0. The van der Waals surface area contributed by atoms with Crippen LogP contribution in [0, 0.1) is 10.1 Å². The van der Waals surface area contributed by atoms with Gasteiger partial charge in [0.1, 0.15) is 5.69 Å². The van der Waals surface area contributed by atoms with Gasteiger partial charge in [-0.25, -0.2) is 4.98 Å². The summed E-state index contributed by atoms with van der Waals surface area (Å²) in [5, 5.41) is 16.2. The van der Waals surface area contributed by atoms with E-state index in [1.165, 1.54) is 12.1 Å². The molecule has 0 unspecified atom stereocenters. The molecule has 8 heteroatoms. The smallest absolute Gasteiger partial charge is 0.270 e. The van der Waals surface area contributed by atoms with E-state index >= 15 is 0 Å². The topological polar surface area (TPSA) is 78.8 Å². The fourth-order valence-electron chi connectivity index (χ4n) is 2.29. The Morgan fingerprint density at radius 2 is 2.24 bits per heavy atom. The van der Waals surface area contributed by atoms with Gasteiger partial charge in [0, 0.05) is 42.8 Å². The van der Waals surface area contributed by atoms with Crippen molar-refractivity contribution in [2.45, 2.75) is 6.54 Å². The molecule has 0 amide bonds. The van der Waals surface area contributed by atoms with Crippen molar-refractivity contribution in [3.63, 3.8) is 0 Å². The highest BCUT2D eigenvalue weighted by atomic mass is 35.5. The van der Waals surface area contributed by atoms with Crippen LogP contribution in [0.25, 0.3) is 22.4 Å². The largest absolute Gasteiger partial charge is 0.333 e. The van der Waals surface area contributed by atoms with Crippen molar-refractivity contribution < 1.29 is 4.92 Å². The van der Waals surface area contributed by atoms with Crippen molar-refractivity contribution in [1.29, 1.82) is 0 Å². The Kier molecular flexibility index (Phi) is 3.34. The summed E-state index contributed by atoms with van der Waals surface area (Å²) in [5.41, 5.74) is 1.45. The van der Waals surface area contributed by atoms with Crippen LogP contribution in [0.15, 0.2) is 30.6 Å². The number of hydrogen-bond acceptors (Lipinski definition) is 4. The Hall–Kier alpha value is -2.41. The molecule has 0 aliphatic carbocycles. The molecular formula is C13H12ClN5O2. The first kappa shape index (κ1) is 13.6. The summed E-state index contributed by atoms with van der Waals surface area (Å²) < 4.78 is 3.57. The predicted molar refractivity (Wildman–Crippen MR) is 79.3 cm³/mol. The van der Waals surface area contributed by atoms with Crippen molar-refractivity contribution in [2.75, 3.05) is 5.88 Å². The molecule has 7 nitrogen and oxygen atoms in total. The van der Waals surface area contributed by atoms with Crippen LogP contribution in [0.1, 0.15) is 0 Å². The van der Waals surface area contributed by atoms with Crippen LogP contribution in [-0.4, -0.2) is 30.1 Å². The third-order valence-corrected chi connectivity index (χ3v) is 3.44. The monoisotopic (exact) mass is 305 g/mol. The average molecular weight is 306 g/mol. The van der Waals surface area contributed by atoms with Gasteiger partial charge in [-0.15, -0.1) is 11.6 Å². The maximum absolute atomic E-state index is 11.0. The van der Waals surface area contributed by atoms with Gasteiger partial charge in [-0.3, -0.25) is 14.8 Å². The minimum absolute atomic E-state index is 0.0309. The highest BCUT2D eigenvalue weighted by Gasteiger charge is 2.18. The van der Waals surface area contributed by atoms with Crippen LogP contribution in [0.3, 0.4) is 0 Å². The molecule has 0 saturated carbocycles. The van der Waals surface area contributed by atoms with E-state index in [4.69, 9.17) is 11.6 Å². The van der Waals surface area contributed by atoms with Crippen LogP contribution >= 0.6 is 11.6 Å². The number of imidazole rings is 1. The molecule has 0 fully saturated rings. The molecular weight excluding hydrogens is 294 g/mol. The first-order valence-corrected chi connectivity index (χ1v) is 6.84. The lowest BCUT2D eigenvalue weighted by molar-refractivity contribution is -0.384. The maximum Gasteiger partial charge on any atom is 0.270 e. The molecule has 1 aromatic carbocycles. The van der Waals surface area contributed by atoms with E-state index < -0.39 is 4.92 Å². The van der Waals surface area contributed by atoms with Crippen molar-refractivity contribution in [3.05, 3.63) is 40.7 Å². The lowest BCUT2D eigenvalue weighted by atomic mass is 10.2. The molecule has 0 aliphatic rings. The highest BCUT2D eigenvalue weighted by Crippen LogP contribution is 2.29. The number of aryl methyl sites for hydroxylation is 2. The van der Waals surface area contributed by atoms with E-state index in [2.05, 4.69) is 10.1 Å². The quantitative estimate of drug-likeness (QED) is 0.421. The minimum atomic E-state index is -0.416. The van der Waals surface area contributed by atoms with Crippen LogP contribution < -0.4 is 0 Å². The van der Waals surface area contributed by atoms with Gasteiger partial charge in [0.15, 0.2) is 5.82 Å². The van der Waals surface area contributed by atoms with Gasteiger partial charge in [0.25, 0.3) is 5.69 Å². The second kappa shape index (κ2) is 5.17. The van der Waals surface area contributed by atoms with E-state index in [1.807, 2.05) is 11.6 Å². The van der Waals surface area contributed by atoms with Crippen LogP contribution in [0.5, 0.6) is 0 Å². The summed E-state index contributed by atoms with van der Waals surface area (Å²) in [6.07, 6.45) is 3.47. The number of nitro benzene ring substituents is 1. The highest BCUT2D eigenvalue weighted by molar-refractivity contribution is 6.17. The molecule has 0 N–H and O–H groups in total. The second-order valence-electron chi connectivity index (χ2n) is 4.58. The first-order valence-electron chi connectivity index (χ1n) is 6.30. The van der Waals surface area contributed by atoms with E-state index in [-0.39, 0.29) is 5.69 Å². The Labute approximate surface area is 124 Å². The van der Waals surface area contributed by atoms with Gasteiger partial charge in [-0.1, -0.05) is 0 Å². The number of hydrogen-bond donors (Lipinski definition) is 0. The molecule has 2 heterocycles. The molecule has 0 radical (unpaired) electrons. The zero-order valence-electron chi connectivity index (χ0n) is 11.2. The van der Waals surface area contributed by atoms with Crippen LogP contribution in [0.2, 0.25) is 0 Å². The normalized spacial score (nSPS) is 11.1.